The van der Waals surface area contributed by atoms with E-state index in [1.165, 1.54) is 0 Å². The molecule has 130 valence electrons. The number of ether oxygens (including phenoxy) is 1. The van der Waals surface area contributed by atoms with Gasteiger partial charge in [-0.1, -0.05) is 13.0 Å². The zero-order chi connectivity index (χ0) is 17.5. The molecule has 1 N–H and O–H groups in total. The molecule has 1 saturated heterocycles. The molecule has 1 aromatic heterocycles. The van der Waals surface area contributed by atoms with Gasteiger partial charge in [-0.15, -0.1) is 11.8 Å². The summed E-state index contributed by atoms with van der Waals surface area (Å²) in [6, 6.07) is 3.18. The van der Waals surface area contributed by atoms with Crippen molar-refractivity contribution in [2.75, 3.05) is 18.7 Å². The van der Waals surface area contributed by atoms with Gasteiger partial charge in [0.05, 0.1) is 13.0 Å². The van der Waals surface area contributed by atoms with Crippen molar-refractivity contribution in [2.24, 2.45) is 0 Å². The standard InChI is InChI=1S/C17H23N3O3S/c1-4-5-12(2)17(22)20-11-24-10-14(20)16(21)19-9-13-6-7-18-15(8-13)23-3/h5-8,14H,4,9-11H2,1-3H3,(H,19,21)/b12-5-/t14-/m0/s1. The summed E-state index contributed by atoms with van der Waals surface area (Å²) < 4.78 is 5.07. The molecule has 0 spiro atoms. The summed E-state index contributed by atoms with van der Waals surface area (Å²) in [5, 5.41) is 2.90. The van der Waals surface area contributed by atoms with Crippen molar-refractivity contribution in [1.29, 1.82) is 0 Å². The Morgan fingerprint density at radius 2 is 2.33 bits per heavy atom. The second-order valence-electron chi connectivity index (χ2n) is 5.51. The molecule has 7 heteroatoms. The van der Waals surface area contributed by atoms with E-state index in [1.54, 1.807) is 43.0 Å². The molecule has 6 nitrogen and oxygen atoms in total. The highest BCUT2D eigenvalue weighted by Crippen LogP contribution is 2.23. The molecule has 0 unspecified atom stereocenters. The van der Waals surface area contributed by atoms with Crippen LogP contribution in [0.2, 0.25) is 0 Å². The van der Waals surface area contributed by atoms with Gasteiger partial charge in [0.25, 0.3) is 5.91 Å². The van der Waals surface area contributed by atoms with Crippen LogP contribution < -0.4 is 10.1 Å². The van der Waals surface area contributed by atoms with Crippen LogP contribution in [0.15, 0.2) is 30.0 Å². The molecule has 1 aliphatic rings. The Morgan fingerprint density at radius 1 is 1.54 bits per heavy atom. The van der Waals surface area contributed by atoms with Crippen molar-refractivity contribution in [3.63, 3.8) is 0 Å². The highest BCUT2D eigenvalue weighted by molar-refractivity contribution is 7.99. The highest BCUT2D eigenvalue weighted by Gasteiger charge is 2.34. The topological polar surface area (TPSA) is 71.5 Å². The minimum atomic E-state index is -0.425. The molecule has 0 bridgehead atoms. The van der Waals surface area contributed by atoms with Crippen LogP contribution in [0, 0.1) is 0 Å². The third kappa shape index (κ3) is 4.50. The lowest BCUT2D eigenvalue weighted by Gasteiger charge is -2.23. The summed E-state index contributed by atoms with van der Waals surface area (Å²) in [5.74, 6) is 1.49. The molecule has 0 radical (unpaired) electrons. The molecule has 2 amide bonds. The number of hydrogen-bond donors (Lipinski definition) is 1. The van der Waals surface area contributed by atoms with E-state index in [4.69, 9.17) is 4.74 Å². The minimum absolute atomic E-state index is 0.0624. The summed E-state index contributed by atoms with van der Waals surface area (Å²) in [6.45, 7) is 4.17. The number of hydrogen-bond acceptors (Lipinski definition) is 5. The number of allylic oxidation sites excluding steroid dienone is 1. The Kier molecular flexibility index (Phi) is 6.66. The lowest BCUT2D eigenvalue weighted by Crippen LogP contribution is -2.47. The van der Waals surface area contributed by atoms with Gasteiger partial charge in [0.1, 0.15) is 6.04 Å². The predicted molar refractivity (Wildman–Crippen MR) is 94.6 cm³/mol. The molecule has 0 aliphatic carbocycles. The van der Waals surface area contributed by atoms with E-state index in [0.717, 1.165) is 12.0 Å². The van der Waals surface area contributed by atoms with E-state index in [2.05, 4.69) is 10.3 Å². The number of rotatable bonds is 6. The molecular formula is C17H23N3O3S. The van der Waals surface area contributed by atoms with Crippen LogP contribution in [0.25, 0.3) is 0 Å². The third-order valence-electron chi connectivity index (χ3n) is 3.77. The summed E-state index contributed by atoms with van der Waals surface area (Å²) >= 11 is 1.60. The number of carbonyl (C=O) groups excluding carboxylic acids is 2. The van der Waals surface area contributed by atoms with Crippen molar-refractivity contribution in [1.82, 2.24) is 15.2 Å². The van der Waals surface area contributed by atoms with Gasteiger partial charge < -0.3 is 15.0 Å². The molecule has 0 aromatic carbocycles. The first-order valence-electron chi connectivity index (χ1n) is 7.89. The van der Waals surface area contributed by atoms with Crippen LogP contribution in [0.5, 0.6) is 5.88 Å². The van der Waals surface area contributed by atoms with Crippen molar-refractivity contribution >= 4 is 23.6 Å². The molecule has 0 saturated carbocycles. The number of methoxy groups -OCH3 is 1. The fraction of sp³-hybridized carbons (Fsp3) is 0.471. The normalized spacial score (nSPS) is 17.7. The van der Waals surface area contributed by atoms with Gasteiger partial charge in [0.2, 0.25) is 11.8 Å². The Labute approximate surface area is 146 Å². The lowest BCUT2D eigenvalue weighted by atomic mass is 10.2. The Balaban J connectivity index is 1.97. The van der Waals surface area contributed by atoms with Gasteiger partial charge in [-0.3, -0.25) is 9.59 Å². The lowest BCUT2D eigenvalue weighted by molar-refractivity contribution is -0.135. The van der Waals surface area contributed by atoms with E-state index < -0.39 is 6.04 Å². The molecule has 2 heterocycles. The summed E-state index contributed by atoms with van der Waals surface area (Å²) in [4.78, 5) is 30.6. The van der Waals surface area contributed by atoms with Gasteiger partial charge in [0, 0.05) is 30.1 Å². The van der Waals surface area contributed by atoms with Gasteiger partial charge >= 0.3 is 0 Å². The first kappa shape index (κ1) is 18.3. The molecule has 2 rings (SSSR count). The number of nitrogens with one attached hydrogen (secondary N) is 1. The fourth-order valence-corrected chi connectivity index (χ4v) is 3.61. The van der Waals surface area contributed by atoms with Crippen molar-refractivity contribution in [2.45, 2.75) is 32.9 Å². The van der Waals surface area contributed by atoms with Gasteiger partial charge in [-0.25, -0.2) is 4.98 Å². The fourth-order valence-electron chi connectivity index (χ4n) is 2.46. The number of amides is 2. The Bertz CT molecular complexity index is 633. The maximum atomic E-state index is 12.5. The van der Waals surface area contributed by atoms with Gasteiger partial charge in [-0.2, -0.15) is 0 Å². The Morgan fingerprint density at radius 3 is 3.04 bits per heavy atom. The molecule has 1 aromatic rings. The average Bonchev–Trinajstić information content (AvgIpc) is 3.09. The number of nitrogens with zero attached hydrogens (tertiary/aromatic N) is 2. The van der Waals surface area contributed by atoms with Crippen LogP contribution in [0.3, 0.4) is 0 Å². The van der Waals surface area contributed by atoms with Gasteiger partial charge in [0.15, 0.2) is 0 Å². The summed E-state index contributed by atoms with van der Waals surface area (Å²) in [5.41, 5.74) is 1.59. The third-order valence-corrected chi connectivity index (χ3v) is 4.78. The highest BCUT2D eigenvalue weighted by atomic mass is 32.2. The van der Waals surface area contributed by atoms with E-state index in [-0.39, 0.29) is 11.8 Å². The SMILES string of the molecule is CC/C=C(/C)C(=O)N1CSC[C@H]1C(=O)NCc1ccnc(OC)c1. The van der Waals surface area contributed by atoms with Crippen molar-refractivity contribution in [3.05, 3.63) is 35.5 Å². The molecular weight excluding hydrogens is 326 g/mol. The van der Waals surface area contributed by atoms with E-state index in [9.17, 15) is 9.59 Å². The van der Waals surface area contributed by atoms with Crippen LogP contribution in [-0.4, -0.2) is 46.5 Å². The molecule has 1 aliphatic heterocycles. The molecule has 1 atom stereocenters. The van der Waals surface area contributed by atoms with Crippen LogP contribution in [-0.2, 0) is 16.1 Å². The number of aromatic nitrogens is 1. The zero-order valence-electron chi connectivity index (χ0n) is 14.2. The Hall–Kier alpha value is -2.02. The van der Waals surface area contributed by atoms with Crippen molar-refractivity contribution in [3.8, 4) is 5.88 Å². The smallest absolute Gasteiger partial charge is 0.250 e. The number of carbonyl (C=O) groups is 2. The van der Waals surface area contributed by atoms with Crippen LogP contribution in [0.1, 0.15) is 25.8 Å². The maximum Gasteiger partial charge on any atom is 0.250 e. The second-order valence-corrected chi connectivity index (χ2v) is 6.51. The van der Waals surface area contributed by atoms with Gasteiger partial charge in [-0.05, 0) is 25.0 Å². The monoisotopic (exact) mass is 349 g/mol. The molecule has 24 heavy (non-hydrogen) atoms. The minimum Gasteiger partial charge on any atom is -0.481 e. The van der Waals surface area contributed by atoms with E-state index in [1.807, 2.05) is 19.1 Å². The molecule has 1 fully saturated rings. The van der Waals surface area contributed by atoms with E-state index in [0.29, 0.717) is 29.6 Å². The maximum absolute atomic E-state index is 12.5. The number of pyridine rings is 1. The first-order chi connectivity index (χ1) is 11.6. The summed E-state index contributed by atoms with van der Waals surface area (Å²) in [7, 11) is 1.55. The average molecular weight is 349 g/mol. The predicted octanol–water partition coefficient (Wildman–Crippen LogP) is 1.96. The van der Waals surface area contributed by atoms with Crippen LogP contribution in [0.4, 0.5) is 0 Å². The zero-order valence-corrected chi connectivity index (χ0v) is 15.1. The second kappa shape index (κ2) is 8.73. The largest absolute Gasteiger partial charge is 0.481 e. The first-order valence-corrected chi connectivity index (χ1v) is 9.04. The quantitative estimate of drug-likeness (QED) is 0.795. The van der Waals surface area contributed by atoms with Crippen molar-refractivity contribution < 1.29 is 14.3 Å². The van der Waals surface area contributed by atoms with E-state index >= 15 is 0 Å². The van der Waals surface area contributed by atoms with Crippen LogP contribution >= 0.6 is 11.8 Å². The number of thioether (sulfide) groups is 1. The summed E-state index contributed by atoms with van der Waals surface area (Å²) in [6.07, 6.45) is 4.34.